The van der Waals surface area contributed by atoms with E-state index in [0.717, 1.165) is 10.9 Å². The Morgan fingerprint density at radius 1 is 1.10 bits per heavy atom. The number of H-pyrrole nitrogens is 1. The Morgan fingerprint density at radius 3 is 2.63 bits per heavy atom. The molecule has 0 spiro atoms. The average Bonchev–Trinajstić information content (AvgIpc) is 3.34. The van der Waals surface area contributed by atoms with Crippen LogP contribution in [0.4, 0.5) is 10.1 Å². The van der Waals surface area contributed by atoms with Crippen LogP contribution in [-0.2, 0) is 11.3 Å². The average molecular weight is 406 g/mol. The highest BCUT2D eigenvalue weighted by atomic mass is 19.1. The largest absolute Gasteiger partial charge is 0.350 e. The summed E-state index contributed by atoms with van der Waals surface area (Å²) in [6.07, 6.45) is 1.87. The molecule has 154 valence electrons. The van der Waals surface area contributed by atoms with Crippen LogP contribution in [0.1, 0.15) is 24.3 Å². The minimum Gasteiger partial charge on any atom is -0.350 e. The van der Waals surface area contributed by atoms with E-state index in [2.05, 4.69) is 10.3 Å². The van der Waals surface area contributed by atoms with Gasteiger partial charge in [-0.3, -0.25) is 9.59 Å². The van der Waals surface area contributed by atoms with Crippen molar-refractivity contribution in [2.24, 2.45) is 0 Å². The summed E-state index contributed by atoms with van der Waals surface area (Å²) in [6, 6.07) is 13.6. The van der Waals surface area contributed by atoms with E-state index in [1.54, 1.807) is 23.1 Å². The molecule has 0 aliphatic carbocycles. The van der Waals surface area contributed by atoms with Crippen LogP contribution in [0.3, 0.4) is 0 Å². The molecule has 2 aromatic heterocycles. The van der Waals surface area contributed by atoms with Crippen molar-refractivity contribution in [1.82, 2.24) is 14.5 Å². The maximum atomic E-state index is 13.9. The van der Waals surface area contributed by atoms with E-state index in [1.807, 2.05) is 42.8 Å². The zero-order chi connectivity index (χ0) is 21.3. The molecule has 0 unspecified atom stereocenters. The van der Waals surface area contributed by atoms with Crippen LogP contribution >= 0.6 is 0 Å². The topological polar surface area (TPSA) is 70.1 Å². The highest BCUT2D eigenvalue weighted by Gasteiger charge is 2.14. The zero-order valence-corrected chi connectivity index (χ0v) is 16.9. The summed E-state index contributed by atoms with van der Waals surface area (Å²) < 4.78 is 15.8. The lowest BCUT2D eigenvalue weighted by Crippen LogP contribution is -2.33. The zero-order valence-electron chi connectivity index (χ0n) is 16.9. The van der Waals surface area contributed by atoms with Crippen LogP contribution < -0.4 is 5.32 Å². The first kappa shape index (κ1) is 19.7. The van der Waals surface area contributed by atoms with Gasteiger partial charge in [-0.25, -0.2) is 4.39 Å². The molecule has 2 heterocycles. The number of nitrogens with zero attached hydrogens (tertiary/aromatic N) is 2. The number of hydrogen-bond acceptors (Lipinski definition) is 2. The van der Waals surface area contributed by atoms with E-state index in [-0.39, 0.29) is 29.9 Å². The summed E-state index contributed by atoms with van der Waals surface area (Å²) in [5.74, 6) is -0.646. The molecule has 0 radical (unpaired) electrons. The van der Waals surface area contributed by atoms with Crippen molar-refractivity contribution in [3.05, 3.63) is 66.2 Å². The highest BCUT2D eigenvalue weighted by Crippen LogP contribution is 2.23. The molecule has 6 nitrogen and oxygen atoms in total. The molecule has 0 atom stereocenters. The van der Waals surface area contributed by atoms with Gasteiger partial charge in [0, 0.05) is 46.8 Å². The molecule has 2 aromatic carbocycles. The van der Waals surface area contributed by atoms with Crippen LogP contribution in [0.25, 0.3) is 21.8 Å². The first-order chi connectivity index (χ1) is 14.5. The number of hydrogen-bond donors (Lipinski definition) is 2. The lowest BCUT2D eigenvalue weighted by Gasteiger charge is -2.19. The summed E-state index contributed by atoms with van der Waals surface area (Å²) in [6.45, 7) is 5.57. The number of anilines is 1. The number of amides is 2. The molecule has 2 N–H and O–H groups in total. The fourth-order valence-corrected chi connectivity index (χ4v) is 3.68. The number of halogens is 1. The highest BCUT2D eigenvalue weighted by molar-refractivity contribution is 6.06. The summed E-state index contributed by atoms with van der Waals surface area (Å²) in [7, 11) is 0. The standard InChI is InChI=1S/C23H23FN4O2/c1-3-27(4-2)22(29)14-28-11-10-15-12-16(8-9-21(15)28)25-23(30)20-13-17-18(24)6-5-7-19(17)26-20/h5-13,26H,3-4,14H2,1-2H3,(H,25,30). The van der Waals surface area contributed by atoms with Gasteiger partial charge in [0.15, 0.2) is 0 Å². The first-order valence-electron chi connectivity index (χ1n) is 9.95. The molecule has 0 saturated heterocycles. The van der Waals surface area contributed by atoms with Gasteiger partial charge in [-0.2, -0.15) is 0 Å². The molecule has 0 saturated carbocycles. The number of aromatic nitrogens is 2. The van der Waals surface area contributed by atoms with Crippen molar-refractivity contribution in [2.75, 3.05) is 18.4 Å². The molecule has 2 amide bonds. The number of rotatable bonds is 6. The first-order valence-corrected chi connectivity index (χ1v) is 9.95. The lowest BCUT2D eigenvalue weighted by molar-refractivity contribution is -0.131. The Balaban J connectivity index is 1.53. The van der Waals surface area contributed by atoms with Crippen LogP contribution in [0, 0.1) is 5.82 Å². The van der Waals surface area contributed by atoms with Crippen molar-refractivity contribution in [1.29, 1.82) is 0 Å². The molecule has 0 aliphatic heterocycles. The molecular formula is C23H23FN4O2. The van der Waals surface area contributed by atoms with E-state index in [9.17, 15) is 14.0 Å². The normalized spacial score (nSPS) is 11.2. The maximum Gasteiger partial charge on any atom is 0.272 e. The Hall–Kier alpha value is -3.61. The molecule has 4 rings (SSSR count). The van der Waals surface area contributed by atoms with Gasteiger partial charge in [0.25, 0.3) is 5.91 Å². The summed E-state index contributed by atoms with van der Waals surface area (Å²) in [4.78, 5) is 29.7. The second-order valence-electron chi connectivity index (χ2n) is 7.12. The van der Waals surface area contributed by atoms with Crippen LogP contribution in [0.5, 0.6) is 0 Å². The molecule has 4 aromatic rings. The third kappa shape index (κ3) is 3.66. The molecular weight excluding hydrogens is 383 g/mol. The Bertz CT molecular complexity index is 1240. The predicted molar refractivity (Wildman–Crippen MR) is 116 cm³/mol. The number of benzene rings is 2. The molecule has 0 fully saturated rings. The van der Waals surface area contributed by atoms with Crippen molar-refractivity contribution < 1.29 is 14.0 Å². The number of fused-ring (bicyclic) bond motifs is 2. The number of likely N-dealkylation sites (N-methyl/N-ethyl adjacent to an activating group) is 1. The summed E-state index contributed by atoms with van der Waals surface area (Å²) >= 11 is 0. The fraction of sp³-hybridized carbons (Fsp3) is 0.217. The van der Waals surface area contributed by atoms with Gasteiger partial charge >= 0.3 is 0 Å². The second-order valence-corrected chi connectivity index (χ2v) is 7.12. The van der Waals surface area contributed by atoms with E-state index in [0.29, 0.717) is 29.7 Å². The molecule has 0 bridgehead atoms. The van der Waals surface area contributed by atoms with E-state index in [4.69, 9.17) is 0 Å². The number of carbonyl (C=O) groups is 2. The van der Waals surface area contributed by atoms with E-state index < -0.39 is 0 Å². The van der Waals surface area contributed by atoms with E-state index >= 15 is 0 Å². The van der Waals surface area contributed by atoms with Gasteiger partial charge in [0.2, 0.25) is 5.91 Å². The number of nitrogens with one attached hydrogen (secondary N) is 2. The van der Waals surface area contributed by atoms with Gasteiger partial charge in [-0.1, -0.05) is 6.07 Å². The Labute approximate surface area is 173 Å². The van der Waals surface area contributed by atoms with Gasteiger partial charge in [-0.15, -0.1) is 0 Å². The van der Waals surface area contributed by atoms with Gasteiger partial charge in [0.1, 0.15) is 18.1 Å². The van der Waals surface area contributed by atoms with Crippen molar-refractivity contribution in [2.45, 2.75) is 20.4 Å². The van der Waals surface area contributed by atoms with Crippen molar-refractivity contribution >= 4 is 39.3 Å². The predicted octanol–water partition coefficient (Wildman–Crippen LogP) is 4.38. The Morgan fingerprint density at radius 2 is 1.90 bits per heavy atom. The molecule has 30 heavy (non-hydrogen) atoms. The second kappa shape index (κ2) is 8.02. The molecule has 0 aliphatic rings. The SMILES string of the molecule is CCN(CC)C(=O)Cn1ccc2cc(NC(=O)c3cc4c(F)cccc4[nH]3)ccc21. The number of aromatic amines is 1. The maximum absolute atomic E-state index is 13.9. The van der Waals surface area contributed by atoms with Crippen LogP contribution in [-0.4, -0.2) is 39.4 Å². The summed E-state index contributed by atoms with van der Waals surface area (Å²) in [5.41, 5.74) is 2.41. The smallest absolute Gasteiger partial charge is 0.272 e. The third-order valence-electron chi connectivity index (χ3n) is 5.31. The Kier molecular flexibility index (Phi) is 5.27. The third-order valence-corrected chi connectivity index (χ3v) is 5.31. The van der Waals surface area contributed by atoms with Gasteiger partial charge < -0.3 is 19.8 Å². The monoisotopic (exact) mass is 406 g/mol. The molecule has 7 heteroatoms. The minimum atomic E-state index is -0.371. The van der Waals surface area contributed by atoms with E-state index in [1.165, 1.54) is 12.1 Å². The number of carbonyl (C=O) groups excluding carboxylic acids is 2. The van der Waals surface area contributed by atoms with Crippen LogP contribution in [0.2, 0.25) is 0 Å². The van der Waals surface area contributed by atoms with Gasteiger partial charge in [-0.05, 0) is 56.3 Å². The summed E-state index contributed by atoms with van der Waals surface area (Å²) in [5, 5.41) is 4.14. The van der Waals surface area contributed by atoms with Crippen molar-refractivity contribution in [3.8, 4) is 0 Å². The lowest BCUT2D eigenvalue weighted by atomic mass is 10.2. The fourth-order valence-electron chi connectivity index (χ4n) is 3.68. The van der Waals surface area contributed by atoms with Crippen molar-refractivity contribution in [3.63, 3.8) is 0 Å². The van der Waals surface area contributed by atoms with Gasteiger partial charge in [0.05, 0.1) is 0 Å². The van der Waals surface area contributed by atoms with Crippen LogP contribution in [0.15, 0.2) is 54.7 Å². The minimum absolute atomic E-state index is 0.0703. The quantitative estimate of drug-likeness (QED) is 0.499.